The third-order valence-corrected chi connectivity index (χ3v) is 4.99. The number of aromatic nitrogens is 1. The van der Waals surface area contributed by atoms with Crippen molar-refractivity contribution in [2.75, 3.05) is 38.7 Å². The third-order valence-electron chi connectivity index (χ3n) is 4.75. The molecule has 2 heterocycles. The number of pyridine rings is 1. The number of nitrogens with zero attached hydrogens (tertiary/aromatic N) is 3. The lowest BCUT2D eigenvalue weighted by Gasteiger charge is -2.22. The molecule has 1 fully saturated rings. The summed E-state index contributed by atoms with van der Waals surface area (Å²) in [5.74, 6) is 0.780. The van der Waals surface area contributed by atoms with E-state index < -0.39 is 0 Å². The van der Waals surface area contributed by atoms with Crippen LogP contribution in [-0.4, -0.2) is 50.8 Å². The molecule has 0 saturated carbocycles. The lowest BCUT2D eigenvalue weighted by Crippen LogP contribution is -2.45. The molecule has 1 aliphatic heterocycles. The summed E-state index contributed by atoms with van der Waals surface area (Å²) >= 11 is 6.08. The van der Waals surface area contributed by atoms with E-state index in [2.05, 4.69) is 20.6 Å². The van der Waals surface area contributed by atoms with Gasteiger partial charge >= 0.3 is 0 Å². The van der Waals surface area contributed by atoms with Crippen molar-refractivity contribution in [1.29, 1.82) is 0 Å². The van der Waals surface area contributed by atoms with Crippen molar-refractivity contribution < 1.29 is 9.13 Å². The van der Waals surface area contributed by atoms with Crippen LogP contribution in [0.2, 0.25) is 5.02 Å². The molecule has 0 aliphatic carbocycles. The largest absolute Gasteiger partial charge is 0.375 e. The zero-order valence-electron chi connectivity index (χ0n) is 16.0. The molecule has 2 atom stereocenters. The highest BCUT2D eigenvalue weighted by Crippen LogP contribution is 2.21. The Morgan fingerprint density at radius 3 is 3.00 bits per heavy atom. The van der Waals surface area contributed by atoms with Gasteiger partial charge in [0.1, 0.15) is 0 Å². The molecule has 150 valence electrons. The van der Waals surface area contributed by atoms with Gasteiger partial charge in [0.15, 0.2) is 17.6 Å². The highest BCUT2D eigenvalue weighted by atomic mass is 35.5. The Labute approximate surface area is 169 Å². The summed E-state index contributed by atoms with van der Waals surface area (Å²) in [5.41, 5.74) is 0.996. The second-order valence-corrected chi connectivity index (χ2v) is 7.05. The summed E-state index contributed by atoms with van der Waals surface area (Å²) in [7, 11) is 3.39. The first-order valence-corrected chi connectivity index (χ1v) is 9.59. The van der Waals surface area contributed by atoms with Gasteiger partial charge in [0.05, 0.1) is 6.10 Å². The van der Waals surface area contributed by atoms with Gasteiger partial charge in [-0.1, -0.05) is 23.7 Å². The SMILES string of the molecule is CN=C(NCC(OC)c1cccc(Cl)c1)NC1CCN(c2ncccc2F)C1. The number of halogens is 2. The van der Waals surface area contributed by atoms with Crippen LogP contribution in [-0.2, 0) is 4.74 Å². The average Bonchev–Trinajstić information content (AvgIpc) is 3.16. The maximum absolute atomic E-state index is 14.0. The van der Waals surface area contributed by atoms with Gasteiger partial charge in [-0.3, -0.25) is 4.99 Å². The minimum Gasteiger partial charge on any atom is -0.375 e. The van der Waals surface area contributed by atoms with Crippen molar-refractivity contribution in [2.45, 2.75) is 18.6 Å². The summed E-state index contributed by atoms with van der Waals surface area (Å²) in [6.07, 6.45) is 2.33. The van der Waals surface area contributed by atoms with Gasteiger partial charge in [0.2, 0.25) is 0 Å². The van der Waals surface area contributed by atoms with Crippen molar-refractivity contribution in [3.05, 3.63) is 59.0 Å². The molecule has 3 rings (SSSR count). The monoisotopic (exact) mass is 405 g/mol. The van der Waals surface area contributed by atoms with Crippen LogP contribution in [0.3, 0.4) is 0 Å². The number of hydrogen-bond donors (Lipinski definition) is 2. The van der Waals surface area contributed by atoms with Crippen molar-refractivity contribution in [2.24, 2.45) is 4.99 Å². The number of hydrogen-bond acceptors (Lipinski definition) is 4. The van der Waals surface area contributed by atoms with E-state index in [4.69, 9.17) is 16.3 Å². The third kappa shape index (κ3) is 5.11. The molecule has 8 heteroatoms. The first-order valence-electron chi connectivity index (χ1n) is 9.21. The van der Waals surface area contributed by atoms with E-state index in [1.165, 1.54) is 6.07 Å². The molecule has 0 radical (unpaired) electrons. The van der Waals surface area contributed by atoms with Crippen molar-refractivity contribution in [3.8, 4) is 0 Å². The van der Waals surface area contributed by atoms with Gasteiger partial charge in [-0.15, -0.1) is 0 Å². The number of rotatable bonds is 6. The lowest BCUT2D eigenvalue weighted by atomic mass is 10.1. The van der Waals surface area contributed by atoms with Crippen LogP contribution < -0.4 is 15.5 Å². The first kappa shape index (κ1) is 20.4. The Balaban J connectivity index is 1.54. The Morgan fingerprint density at radius 1 is 1.43 bits per heavy atom. The van der Waals surface area contributed by atoms with Crippen LogP contribution in [0, 0.1) is 5.82 Å². The summed E-state index contributed by atoms with van der Waals surface area (Å²) in [4.78, 5) is 10.4. The van der Waals surface area contributed by atoms with E-state index >= 15 is 0 Å². The summed E-state index contributed by atoms with van der Waals surface area (Å²) in [6.45, 7) is 1.95. The van der Waals surface area contributed by atoms with E-state index in [0.29, 0.717) is 29.9 Å². The Kier molecular flexibility index (Phi) is 7.06. The molecule has 1 aliphatic rings. The average molecular weight is 406 g/mol. The van der Waals surface area contributed by atoms with Crippen LogP contribution >= 0.6 is 11.6 Å². The molecule has 1 saturated heterocycles. The normalized spacial score (nSPS) is 18.2. The molecule has 0 bridgehead atoms. The molecule has 6 nitrogen and oxygen atoms in total. The van der Waals surface area contributed by atoms with E-state index in [1.54, 1.807) is 26.4 Å². The Morgan fingerprint density at radius 2 is 2.29 bits per heavy atom. The molecule has 0 amide bonds. The molecule has 2 aromatic rings. The molecule has 1 aromatic carbocycles. The minimum atomic E-state index is -0.296. The number of guanidine groups is 1. The number of nitrogens with one attached hydrogen (secondary N) is 2. The number of benzene rings is 1. The second kappa shape index (κ2) is 9.71. The zero-order chi connectivity index (χ0) is 19.9. The van der Waals surface area contributed by atoms with Gasteiger partial charge < -0.3 is 20.3 Å². The molecule has 2 unspecified atom stereocenters. The van der Waals surface area contributed by atoms with E-state index in [9.17, 15) is 4.39 Å². The number of ether oxygens (including phenoxy) is 1. The van der Waals surface area contributed by atoms with Crippen LogP contribution in [0.1, 0.15) is 18.1 Å². The van der Waals surface area contributed by atoms with Gasteiger partial charge in [0, 0.05) is 51.1 Å². The molecular weight excluding hydrogens is 381 g/mol. The van der Waals surface area contributed by atoms with Crippen molar-refractivity contribution in [3.63, 3.8) is 0 Å². The van der Waals surface area contributed by atoms with Gasteiger partial charge in [-0.05, 0) is 36.2 Å². The highest BCUT2D eigenvalue weighted by molar-refractivity contribution is 6.30. The molecule has 1 aromatic heterocycles. The highest BCUT2D eigenvalue weighted by Gasteiger charge is 2.26. The fraction of sp³-hybridized carbons (Fsp3) is 0.400. The molecular formula is C20H25ClFN5O. The maximum Gasteiger partial charge on any atom is 0.191 e. The zero-order valence-corrected chi connectivity index (χ0v) is 16.8. The first-order chi connectivity index (χ1) is 13.6. The van der Waals surface area contributed by atoms with Gasteiger partial charge in [-0.2, -0.15) is 0 Å². The predicted octanol–water partition coefficient (Wildman–Crippen LogP) is 3.01. The van der Waals surface area contributed by atoms with Gasteiger partial charge in [0.25, 0.3) is 0 Å². The Bertz CT molecular complexity index is 819. The van der Waals surface area contributed by atoms with Crippen LogP contribution in [0.25, 0.3) is 0 Å². The predicted molar refractivity (Wildman–Crippen MR) is 111 cm³/mol. The quantitative estimate of drug-likeness (QED) is 0.571. The molecule has 0 spiro atoms. The van der Waals surface area contributed by atoms with E-state index in [0.717, 1.165) is 18.5 Å². The van der Waals surface area contributed by atoms with E-state index in [1.807, 2.05) is 29.2 Å². The fourth-order valence-electron chi connectivity index (χ4n) is 3.30. The van der Waals surface area contributed by atoms with Gasteiger partial charge in [-0.25, -0.2) is 9.37 Å². The number of anilines is 1. The Hall–Kier alpha value is -2.38. The van der Waals surface area contributed by atoms with Crippen LogP contribution in [0.15, 0.2) is 47.6 Å². The summed E-state index contributed by atoms with van der Waals surface area (Å²) in [5, 5.41) is 7.36. The smallest absolute Gasteiger partial charge is 0.191 e. The van der Waals surface area contributed by atoms with Crippen LogP contribution in [0.4, 0.5) is 10.2 Å². The molecule has 28 heavy (non-hydrogen) atoms. The lowest BCUT2D eigenvalue weighted by molar-refractivity contribution is 0.106. The number of aliphatic imine (C=N–C) groups is 1. The van der Waals surface area contributed by atoms with Crippen molar-refractivity contribution in [1.82, 2.24) is 15.6 Å². The maximum atomic E-state index is 14.0. The number of methoxy groups -OCH3 is 1. The molecule has 2 N–H and O–H groups in total. The fourth-order valence-corrected chi connectivity index (χ4v) is 3.50. The summed E-state index contributed by atoms with van der Waals surface area (Å²) < 4.78 is 19.5. The minimum absolute atomic E-state index is 0.153. The topological polar surface area (TPSA) is 61.8 Å². The summed E-state index contributed by atoms with van der Waals surface area (Å²) in [6, 6.07) is 10.8. The van der Waals surface area contributed by atoms with Crippen LogP contribution in [0.5, 0.6) is 0 Å². The standard InChI is InChI=1S/C20H25ClFN5O/c1-23-20(25-12-18(28-2)14-5-3-6-15(21)11-14)26-16-8-10-27(13-16)19-17(22)7-4-9-24-19/h3-7,9,11,16,18H,8,10,12-13H2,1-2H3,(H2,23,25,26). The van der Waals surface area contributed by atoms with Crippen molar-refractivity contribution >= 4 is 23.4 Å². The van der Waals surface area contributed by atoms with E-state index in [-0.39, 0.29) is 18.0 Å². The second-order valence-electron chi connectivity index (χ2n) is 6.62.